The van der Waals surface area contributed by atoms with Crippen LogP contribution in [-0.4, -0.2) is 21.1 Å². The van der Waals surface area contributed by atoms with Gasteiger partial charge in [-0.1, -0.05) is 13.0 Å². The van der Waals surface area contributed by atoms with Gasteiger partial charge in [-0.25, -0.2) is 13.1 Å². The molecule has 0 spiro atoms. The lowest BCUT2D eigenvalue weighted by Gasteiger charge is -2.26. The van der Waals surface area contributed by atoms with E-state index in [-0.39, 0.29) is 17.0 Å². The standard InChI is InChI=1S/C14H22N2O3S/c1-4-10-7-11-12(15)5-6-19-14(11)13(8-10)20(17,18)16-9(2)3/h7-9,12,16H,4-6,15H2,1-3H3. The molecule has 112 valence electrons. The minimum absolute atomic E-state index is 0.168. The van der Waals surface area contributed by atoms with E-state index in [1.807, 2.05) is 13.0 Å². The molecule has 5 nitrogen and oxygen atoms in total. The molecule has 1 aliphatic rings. The largest absolute Gasteiger partial charge is 0.492 e. The van der Waals surface area contributed by atoms with Crippen molar-refractivity contribution < 1.29 is 13.2 Å². The fourth-order valence-electron chi connectivity index (χ4n) is 2.33. The summed E-state index contributed by atoms with van der Waals surface area (Å²) in [4.78, 5) is 0.204. The predicted octanol–water partition coefficient (Wildman–Crippen LogP) is 1.72. The lowest BCUT2D eigenvalue weighted by Crippen LogP contribution is -2.32. The molecule has 0 fully saturated rings. The second kappa shape index (κ2) is 5.71. The monoisotopic (exact) mass is 298 g/mol. The minimum atomic E-state index is -3.59. The summed E-state index contributed by atoms with van der Waals surface area (Å²) in [5.41, 5.74) is 7.83. The Labute approximate surface area is 120 Å². The van der Waals surface area contributed by atoms with Gasteiger partial charge in [0.25, 0.3) is 0 Å². The SMILES string of the molecule is CCc1cc2c(c(S(=O)(=O)NC(C)C)c1)OCCC2N. The summed E-state index contributed by atoms with van der Waals surface area (Å²) in [5, 5.41) is 0. The molecule has 1 atom stereocenters. The second-order valence-electron chi connectivity index (χ2n) is 5.39. The van der Waals surface area contributed by atoms with Gasteiger partial charge >= 0.3 is 0 Å². The Morgan fingerprint density at radius 2 is 2.15 bits per heavy atom. The van der Waals surface area contributed by atoms with Crippen LogP contribution in [0, 0.1) is 0 Å². The first-order valence-corrected chi connectivity index (χ1v) is 8.41. The third-order valence-electron chi connectivity index (χ3n) is 3.31. The molecule has 6 heteroatoms. The van der Waals surface area contributed by atoms with Crippen LogP contribution in [0.5, 0.6) is 5.75 Å². The molecule has 0 bridgehead atoms. The van der Waals surface area contributed by atoms with Crippen molar-refractivity contribution in [2.45, 2.75) is 50.6 Å². The first kappa shape index (κ1) is 15.3. The maximum Gasteiger partial charge on any atom is 0.244 e. The fourth-order valence-corrected chi connectivity index (χ4v) is 3.81. The van der Waals surface area contributed by atoms with Crippen LogP contribution in [0.15, 0.2) is 17.0 Å². The number of hydrogen-bond acceptors (Lipinski definition) is 4. The molecule has 1 heterocycles. The maximum atomic E-state index is 12.5. The molecule has 0 amide bonds. The summed E-state index contributed by atoms with van der Waals surface area (Å²) in [6.07, 6.45) is 1.46. The Hall–Kier alpha value is -1.11. The van der Waals surface area contributed by atoms with Gasteiger partial charge in [-0.3, -0.25) is 0 Å². The number of hydrogen-bond donors (Lipinski definition) is 2. The summed E-state index contributed by atoms with van der Waals surface area (Å²) in [5.74, 6) is 0.411. The van der Waals surface area contributed by atoms with Crippen molar-refractivity contribution in [3.05, 3.63) is 23.3 Å². The quantitative estimate of drug-likeness (QED) is 0.887. The van der Waals surface area contributed by atoms with Crippen molar-refractivity contribution in [1.82, 2.24) is 4.72 Å². The lowest BCUT2D eigenvalue weighted by atomic mass is 9.98. The van der Waals surface area contributed by atoms with Crippen LogP contribution in [0.1, 0.15) is 44.4 Å². The molecule has 0 saturated heterocycles. The van der Waals surface area contributed by atoms with Gasteiger partial charge in [-0.15, -0.1) is 0 Å². The van der Waals surface area contributed by atoms with Gasteiger partial charge < -0.3 is 10.5 Å². The van der Waals surface area contributed by atoms with E-state index in [4.69, 9.17) is 10.5 Å². The molecule has 1 unspecified atom stereocenters. The van der Waals surface area contributed by atoms with Crippen LogP contribution in [0.3, 0.4) is 0 Å². The van der Waals surface area contributed by atoms with Crippen molar-refractivity contribution in [3.63, 3.8) is 0 Å². The van der Waals surface area contributed by atoms with Crippen LogP contribution < -0.4 is 15.2 Å². The number of ether oxygens (including phenoxy) is 1. The van der Waals surface area contributed by atoms with E-state index in [1.54, 1.807) is 19.9 Å². The van der Waals surface area contributed by atoms with Crippen molar-refractivity contribution in [2.24, 2.45) is 5.73 Å². The number of rotatable bonds is 4. The van der Waals surface area contributed by atoms with Gasteiger partial charge in [0.15, 0.2) is 0 Å². The molecular weight excluding hydrogens is 276 g/mol. The highest BCUT2D eigenvalue weighted by molar-refractivity contribution is 7.89. The molecule has 1 aromatic carbocycles. The fraction of sp³-hybridized carbons (Fsp3) is 0.571. The van der Waals surface area contributed by atoms with Crippen LogP contribution in [0.25, 0.3) is 0 Å². The van der Waals surface area contributed by atoms with Crippen LogP contribution in [0.2, 0.25) is 0 Å². The highest BCUT2D eigenvalue weighted by Gasteiger charge is 2.28. The highest BCUT2D eigenvalue weighted by Crippen LogP contribution is 2.37. The Kier molecular flexibility index (Phi) is 4.36. The van der Waals surface area contributed by atoms with Gasteiger partial charge in [0, 0.05) is 24.1 Å². The van der Waals surface area contributed by atoms with E-state index in [2.05, 4.69) is 4.72 Å². The summed E-state index contributed by atoms with van der Waals surface area (Å²) in [6, 6.07) is 3.30. The number of aryl methyl sites for hydroxylation is 1. The first-order valence-electron chi connectivity index (χ1n) is 6.92. The molecular formula is C14H22N2O3S. The molecule has 0 aromatic heterocycles. The summed E-state index contributed by atoms with van der Waals surface area (Å²) in [6.45, 7) is 6.02. The van der Waals surface area contributed by atoms with Gasteiger partial charge in [0.2, 0.25) is 10.0 Å². The van der Waals surface area contributed by atoms with Gasteiger partial charge in [0.1, 0.15) is 10.6 Å². The van der Waals surface area contributed by atoms with Crippen LogP contribution in [0.4, 0.5) is 0 Å². The zero-order chi connectivity index (χ0) is 14.9. The van der Waals surface area contributed by atoms with Crippen molar-refractivity contribution in [3.8, 4) is 5.75 Å². The van der Waals surface area contributed by atoms with Gasteiger partial charge in [-0.2, -0.15) is 0 Å². The summed E-state index contributed by atoms with van der Waals surface area (Å²) in [7, 11) is -3.59. The van der Waals surface area contributed by atoms with E-state index in [0.717, 1.165) is 17.5 Å². The lowest BCUT2D eigenvalue weighted by molar-refractivity contribution is 0.261. The molecule has 0 aliphatic carbocycles. The van der Waals surface area contributed by atoms with E-state index in [0.29, 0.717) is 18.8 Å². The molecule has 2 rings (SSSR count). The zero-order valence-corrected chi connectivity index (χ0v) is 13.0. The topological polar surface area (TPSA) is 81.4 Å². The average Bonchev–Trinajstić information content (AvgIpc) is 2.36. The zero-order valence-electron chi connectivity index (χ0n) is 12.1. The maximum absolute atomic E-state index is 12.5. The Morgan fingerprint density at radius 3 is 2.75 bits per heavy atom. The molecule has 0 radical (unpaired) electrons. The molecule has 1 aromatic rings. The van der Waals surface area contributed by atoms with E-state index in [9.17, 15) is 8.42 Å². The van der Waals surface area contributed by atoms with E-state index in [1.165, 1.54) is 0 Å². The third-order valence-corrected chi connectivity index (χ3v) is 4.97. The summed E-state index contributed by atoms with van der Waals surface area (Å²) >= 11 is 0. The van der Waals surface area contributed by atoms with Crippen molar-refractivity contribution in [2.75, 3.05) is 6.61 Å². The minimum Gasteiger partial charge on any atom is -0.492 e. The number of nitrogens with two attached hydrogens (primary N) is 1. The second-order valence-corrected chi connectivity index (χ2v) is 7.07. The van der Waals surface area contributed by atoms with Gasteiger partial charge in [0.05, 0.1) is 6.61 Å². The number of sulfonamides is 1. The Morgan fingerprint density at radius 1 is 1.45 bits per heavy atom. The number of benzene rings is 1. The molecule has 0 saturated carbocycles. The normalized spacial score (nSPS) is 18.8. The smallest absolute Gasteiger partial charge is 0.244 e. The first-order chi connectivity index (χ1) is 9.35. The van der Waals surface area contributed by atoms with E-state index < -0.39 is 10.0 Å². The molecule has 20 heavy (non-hydrogen) atoms. The number of nitrogens with one attached hydrogen (secondary N) is 1. The van der Waals surface area contributed by atoms with Crippen molar-refractivity contribution >= 4 is 10.0 Å². The Bertz CT molecular complexity index is 597. The average molecular weight is 298 g/mol. The highest BCUT2D eigenvalue weighted by atomic mass is 32.2. The predicted molar refractivity (Wildman–Crippen MR) is 78.3 cm³/mol. The third kappa shape index (κ3) is 2.97. The van der Waals surface area contributed by atoms with Gasteiger partial charge in [-0.05, 0) is 31.9 Å². The van der Waals surface area contributed by atoms with Crippen molar-refractivity contribution in [1.29, 1.82) is 0 Å². The molecule has 3 N–H and O–H groups in total. The van der Waals surface area contributed by atoms with E-state index >= 15 is 0 Å². The number of fused-ring (bicyclic) bond motifs is 1. The van der Waals surface area contributed by atoms with Crippen LogP contribution in [-0.2, 0) is 16.4 Å². The Balaban J connectivity index is 2.60. The molecule has 1 aliphatic heterocycles. The summed E-state index contributed by atoms with van der Waals surface area (Å²) < 4.78 is 33.1. The van der Waals surface area contributed by atoms with Crippen LogP contribution >= 0.6 is 0 Å².